The summed E-state index contributed by atoms with van der Waals surface area (Å²) in [7, 11) is 2.94. The predicted molar refractivity (Wildman–Crippen MR) is 79.7 cm³/mol. The van der Waals surface area contributed by atoms with Crippen LogP contribution in [0.4, 0.5) is 0 Å². The number of hydrogen-bond acceptors (Lipinski definition) is 5. The van der Waals surface area contributed by atoms with E-state index >= 15 is 0 Å². The minimum absolute atomic E-state index is 0.197. The van der Waals surface area contributed by atoms with Crippen LogP contribution in [0.25, 0.3) is 11.2 Å². The van der Waals surface area contributed by atoms with Crippen LogP contribution in [0, 0.1) is 5.92 Å². The number of Topliss-reactive ketones (excluding diaryl/α,β-unsaturated/α-hetero) is 2. The van der Waals surface area contributed by atoms with Gasteiger partial charge in [-0.3, -0.25) is 23.5 Å². The number of carbonyl (C=O) groups excluding carboxylic acids is 2. The van der Waals surface area contributed by atoms with Gasteiger partial charge in [0.25, 0.3) is 5.56 Å². The van der Waals surface area contributed by atoms with E-state index in [0.29, 0.717) is 13.0 Å². The van der Waals surface area contributed by atoms with E-state index in [-0.39, 0.29) is 22.7 Å². The van der Waals surface area contributed by atoms with Gasteiger partial charge in [-0.25, -0.2) is 9.78 Å². The quantitative estimate of drug-likeness (QED) is 0.701. The molecule has 0 atom stereocenters. The van der Waals surface area contributed by atoms with Gasteiger partial charge in [-0.05, 0) is 20.3 Å². The molecule has 0 saturated heterocycles. The molecule has 0 aliphatic rings. The Morgan fingerprint density at radius 1 is 1.14 bits per heavy atom. The molecule has 2 aromatic heterocycles. The van der Waals surface area contributed by atoms with Crippen molar-refractivity contribution >= 4 is 22.7 Å². The second-order valence-electron chi connectivity index (χ2n) is 5.38. The summed E-state index contributed by atoms with van der Waals surface area (Å²) in [6.45, 7) is 3.05. The highest BCUT2D eigenvalue weighted by Crippen LogP contribution is 2.12. The fraction of sp³-hybridized carbons (Fsp3) is 0.500. The van der Waals surface area contributed by atoms with Crippen molar-refractivity contribution in [2.75, 3.05) is 0 Å². The summed E-state index contributed by atoms with van der Waals surface area (Å²) < 4.78 is 3.88. The van der Waals surface area contributed by atoms with Crippen molar-refractivity contribution in [2.45, 2.75) is 26.8 Å². The fourth-order valence-electron chi connectivity index (χ4n) is 2.53. The lowest BCUT2D eigenvalue weighted by atomic mass is 9.97. The Morgan fingerprint density at radius 2 is 1.73 bits per heavy atom. The molecule has 2 aromatic rings. The van der Waals surface area contributed by atoms with Gasteiger partial charge in [0.2, 0.25) is 0 Å². The van der Waals surface area contributed by atoms with E-state index in [4.69, 9.17) is 0 Å². The molecule has 0 radical (unpaired) electrons. The summed E-state index contributed by atoms with van der Waals surface area (Å²) in [6, 6.07) is 0. The van der Waals surface area contributed by atoms with Gasteiger partial charge in [0.05, 0.1) is 12.2 Å². The molecule has 0 saturated carbocycles. The van der Waals surface area contributed by atoms with Crippen molar-refractivity contribution in [1.82, 2.24) is 18.7 Å². The largest absolute Gasteiger partial charge is 0.332 e. The second-order valence-corrected chi connectivity index (χ2v) is 5.38. The highest BCUT2D eigenvalue weighted by Gasteiger charge is 2.20. The third kappa shape index (κ3) is 2.51. The van der Waals surface area contributed by atoms with Gasteiger partial charge in [0.15, 0.2) is 11.2 Å². The molecule has 0 aliphatic heterocycles. The van der Waals surface area contributed by atoms with Gasteiger partial charge < -0.3 is 4.57 Å². The van der Waals surface area contributed by atoms with Gasteiger partial charge in [0.1, 0.15) is 11.6 Å². The number of ketones is 2. The fourth-order valence-corrected chi connectivity index (χ4v) is 2.53. The Balaban J connectivity index is 2.46. The lowest BCUT2D eigenvalue weighted by Gasteiger charge is -2.11. The standard InChI is InChI=1S/C14H18N4O4/c1-8(19)10(9(2)20)5-6-18-7-15-12-11(18)13(21)17(4)14(22)16(12)3/h7,10H,5-6H2,1-4H3. The molecule has 8 heteroatoms. The number of rotatable bonds is 5. The molecular weight excluding hydrogens is 288 g/mol. The molecule has 118 valence electrons. The summed E-state index contributed by atoms with van der Waals surface area (Å²) in [6.07, 6.45) is 1.74. The topological polar surface area (TPSA) is 96.0 Å². The van der Waals surface area contributed by atoms with Crippen LogP contribution in [0.3, 0.4) is 0 Å². The predicted octanol–water partition coefficient (Wildman–Crippen LogP) is -0.382. The van der Waals surface area contributed by atoms with E-state index < -0.39 is 17.2 Å². The van der Waals surface area contributed by atoms with Crippen LogP contribution in [0.1, 0.15) is 20.3 Å². The van der Waals surface area contributed by atoms with Crippen LogP contribution in [0.15, 0.2) is 15.9 Å². The highest BCUT2D eigenvalue weighted by molar-refractivity contribution is 6.00. The van der Waals surface area contributed by atoms with Gasteiger partial charge in [-0.1, -0.05) is 0 Å². The molecule has 2 rings (SSSR count). The molecule has 0 aromatic carbocycles. The minimum atomic E-state index is -0.686. The first-order chi connectivity index (χ1) is 10.3. The summed E-state index contributed by atoms with van der Waals surface area (Å²) in [4.78, 5) is 51.1. The Bertz CT molecular complexity index is 857. The zero-order valence-electron chi connectivity index (χ0n) is 13.0. The Labute approximate surface area is 126 Å². The summed E-state index contributed by atoms with van der Waals surface area (Å²) >= 11 is 0. The average molecular weight is 306 g/mol. The SMILES string of the molecule is CC(=O)C(CCn1cnc2c1c(=O)n(C)c(=O)n2C)C(C)=O. The van der Waals surface area contributed by atoms with E-state index in [1.54, 1.807) is 4.57 Å². The first-order valence-electron chi connectivity index (χ1n) is 6.87. The highest BCUT2D eigenvalue weighted by atomic mass is 16.2. The second kappa shape index (κ2) is 5.70. The van der Waals surface area contributed by atoms with Gasteiger partial charge in [0, 0.05) is 20.6 Å². The summed E-state index contributed by atoms with van der Waals surface area (Å²) in [5.41, 5.74) is -0.323. The first kappa shape index (κ1) is 15.9. The third-order valence-corrected chi connectivity index (χ3v) is 3.86. The molecule has 0 unspecified atom stereocenters. The lowest BCUT2D eigenvalue weighted by Crippen LogP contribution is -2.37. The summed E-state index contributed by atoms with van der Waals surface area (Å²) in [5.74, 6) is -1.08. The monoisotopic (exact) mass is 306 g/mol. The zero-order chi connectivity index (χ0) is 16.6. The molecule has 22 heavy (non-hydrogen) atoms. The number of nitrogens with zero attached hydrogens (tertiary/aromatic N) is 4. The number of aryl methyl sites for hydroxylation is 2. The van der Waals surface area contributed by atoms with E-state index in [2.05, 4.69) is 4.98 Å². The van der Waals surface area contributed by atoms with Crippen molar-refractivity contribution < 1.29 is 9.59 Å². The van der Waals surface area contributed by atoms with Crippen LogP contribution >= 0.6 is 0 Å². The maximum atomic E-state index is 12.3. The van der Waals surface area contributed by atoms with Gasteiger partial charge in [-0.2, -0.15) is 0 Å². The van der Waals surface area contributed by atoms with Crippen molar-refractivity contribution in [1.29, 1.82) is 0 Å². The van der Waals surface area contributed by atoms with Crippen molar-refractivity contribution in [3.05, 3.63) is 27.2 Å². The zero-order valence-corrected chi connectivity index (χ0v) is 13.0. The van der Waals surface area contributed by atoms with E-state index in [9.17, 15) is 19.2 Å². The first-order valence-corrected chi connectivity index (χ1v) is 6.87. The Hall–Kier alpha value is -2.51. The molecular formula is C14H18N4O4. The van der Waals surface area contributed by atoms with Crippen LogP contribution in [0.2, 0.25) is 0 Å². The number of hydrogen-bond donors (Lipinski definition) is 0. The number of carbonyl (C=O) groups is 2. The summed E-state index contributed by atoms with van der Waals surface area (Å²) in [5, 5.41) is 0. The third-order valence-electron chi connectivity index (χ3n) is 3.86. The number of fused-ring (bicyclic) bond motifs is 1. The van der Waals surface area contributed by atoms with Crippen molar-refractivity contribution in [3.63, 3.8) is 0 Å². The van der Waals surface area contributed by atoms with E-state index in [1.807, 2.05) is 0 Å². The molecule has 0 fully saturated rings. The maximum absolute atomic E-state index is 12.3. The van der Waals surface area contributed by atoms with Crippen molar-refractivity contribution in [2.24, 2.45) is 20.0 Å². The van der Waals surface area contributed by atoms with Crippen LogP contribution in [0.5, 0.6) is 0 Å². The van der Waals surface area contributed by atoms with Gasteiger partial charge in [-0.15, -0.1) is 0 Å². The molecule has 0 N–H and O–H groups in total. The van der Waals surface area contributed by atoms with E-state index in [1.165, 1.54) is 38.8 Å². The molecule has 0 amide bonds. The molecule has 2 heterocycles. The van der Waals surface area contributed by atoms with Crippen LogP contribution in [-0.4, -0.2) is 30.3 Å². The van der Waals surface area contributed by atoms with Crippen molar-refractivity contribution in [3.8, 4) is 0 Å². The Morgan fingerprint density at radius 3 is 2.27 bits per heavy atom. The van der Waals surface area contributed by atoms with Crippen LogP contribution < -0.4 is 11.2 Å². The number of imidazole rings is 1. The normalized spacial score (nSPS) is 11.3. The minimum Gasteiger partial charge on any atom is -0.325 e. The molecule has 0 spiro atoms. The average Bonchev–Trinajstić information content (AvgIpc) is 2.86. The maximum Gasteiger partial charge on any atom is 0.332 e. The number of aromatic nitrogens is 4. The molecule has 8 nitrogen and oxygen atoms in total. The Kier molecular flexibility index (Phi) is 4.11. The molecule has 0 bridgehead atoms. The van der Waals surface area contributed by atoms with E-state index in [0.717, 1.165) is 4.57 Å². The van der Waals surface area contributed by atoms with Gasteiger partial charge >= 0.3 is 5.69 Å². The smallest absolute Gasteiger partial charge is 0.325 e. The lowest BCUT2D eigenvalue weighted by molar-refractivity contribution is -0.130. The molecule has 0 aliphatic carbocycles. The van der Waals surface area contributed by atoms with Crippen LogP contribution in [-0.2, 0) is 30.2 Å².